The predicted octanol–water partition coefficient (Wildman–Crippen LogP) is 2.24. The molecular formula is C13H23N3O. The molecule has 0 aliphatic heterocycles. The minimum Gasteiger partial charge on any atom is -0.473 e. The minimum absolute atomic E-state index is 0.145. The lowest BCUT2D eigenvalue weighted by atomic mass is 10.0. The fraction of sp³-hybridized carbons (Fsp3) is 0.692. The van der Waals surface area contributed by atoms with Gasteiger partial charge in [0.15, 0.2) is 0 Å². The van der Waals surface area contributed by atoms with Crippen molar-refractivity contribution in [3.8, 4) is 5.88 Å². The van der Waals surface area contributed by atoms with Gasteiger partial charge in [0, 0.05) is 12.1 Å². The average molecular weight is 237 g/mol. The van der Waals surface area contributed by atoms with Crippen molar-refractivity contribution >= 4 is 0 Å². The van der Waals surface area contributed by atoms with Gasteiger partial charge < -0.3 is 10.5 Å². The Morgan fingerprint density at radius 1 is 1.12 bits per heavy atom. The van der Waals surface area contributed by atoms with Gasteiger partial charge >= 0.3 is 0 Å². The predicted molar refractivity (Wildman–Crippen MR) is 69.1 cm³/mol. The lowest BCUT2D eigenvalue weighted by molar-refractivity contribution is 0.203. The largest absolute Gasteiger partial charge is 0.473 e. The molecule has 0 aromatic carbocycles. The first-order chi connectivity index (χ1) is 8.17. The lowest BCUT2D eigenvalue weighted by Gasteiger charge is -2.17. The van der Waals surface area contributed by atoms with Crippen molar-refractivity contribution in [3.05, 3.63) is 16.8 Å². The Hall–Kier alpha value is -1.16. The van der Waals surface area contributed by atoms with E-state index < -0.39 is 0 Å². The van der Waals surface area contributed by atoms with Crippen LogP contribution < -0.4 is 10.5 Å². The summed E-state index contributed by atoms with van der Waals surface area (Å²) in [4.78, 5) is 0. The van der Waals surface area contributed by atoms with E-state index in [1.54, 1.807) is 0 Å². The van der Waals surface area contributed by atoms with Gasteiger partial charge in [0.1, 0.15) is 0 Å². The molecule has 0 saturated heterocycles. The normalized spacial score (nSPS) is 12.5. The van der Waals surface area contributed by atoms with E-state index in [9.17, 15) is 0 Å². The number of nitrogens with two attached hydrogens (primary N) is 1. The molecule has 0 amide bonds. The molecule has 96 valence electrons. The molecule has 0 radical (unpaired) electrons. The van der Waals surface area contributed by atoms with Crippen molar-refractivity contribution in [1.29, 1.82) is 0 Å². The number of hydrogen-bond donors (Lipinski definition) is 1. The maximum Gasteiger partial charge on any atom is 0.238 e. The average Bonchev–Trinajstić information content (AvgIpc) is 2.37. The van der Waals surface area contributed by atoms with E-state index in [-0.39, 0.29) is 6.10 Å². The van der Waals surface area contributed by atoms with Crippen LogP contribution in [0.2, 0.25) is 0 Å². The van der Waals surface area contributed by atoms with Crippen molar-refractivity contribution in [2.75, 3.05) is 0 Å². The molecule has 1 atom stereocenters. The fourth-order valence-electron chi connectivity index (χ4n) is 1.81. The van der Waals surface area contributed by atoms with E-state index in [2.05, 4.69) is 31.0 Å². The Balaban J connectivity index is 3.14. The van der Waals surface area contributed by atoms with Crippen LogP contribution in [0.1, 0.15) is 50.9 Å². The summed E-state index contributed by atoms with van der Waals surface area (Å²) >= 11 is 0. The van der Waals surface area contributed by atoms with E-state index in [0.717, 1.165) is 30.5 Å². The van der Waals surface area contributed by atoms with Gasteiger partial charge in [-0.1, -0.05) is 20.8 Å². The van der Waals surface area contributed by atoms with Crippen LogP contribution in [0, 0.1) is 0 Å². The third-order valence-electron chi connectivity index (χ3n) is 3.01. The highest BCUT2D eigenvalue weighted by molar-refractivity contribution is 5.36. The summed E-state index contributed by atoms with van der Waals surface area (Å²) in [6, 6.07) is 0. The number of aryl methyl sites for hydroxylation is 1. The van der Waals surface area contributed by atoms with Gasteiger partial charge in [-0.25, -0.2) is 0 Å². The summed E-state index contributed by atoms with van der Waals surface area (Å²) in [5, 5.41) is 8.40. The molecule has 1 aromatic rings. The first-order valence-electron chi connectivity index (χ1n) is 6.41. The molecule has 17 heavy (non-hydrogen) atoms. The monoisotopic (exact) mass is 237 g/mol. The Morgan fingerprint density at radius 2 is 1.82 bits per heavy atom. The summed E-state index contributed by atoms with van der Waals surface area (Å²) in [6.07, 6.45) is 2.89. The van der Waals surface area contributed by atoms with Gasteiger partial charge in [-0.2, -0.15) is 5.10 Å². The maximum atomic E-state index is 5.82. The first-order valence-corrected chi connectivity index (χ1v) is 6.41. The van der Waals surface area contributed by atoms with Gasteiger partial charge in [-0.15, -0.1) is 5.10 Å². The third kappa shape index (κ3) is 3.16. The van der Waals surface area contributed by atoms with Crippen LogP contribution in [-0.4, -0.2) is 16.3 Å². The van der Waals surface area contributed by atoms with Crippen LogP contribution in [0.5, 0.6) is 5.88 Å². The Kier molecular flexibility index (Phi) is 5.35. The number of ether oxygens (including phenoxy) is 1. The summed E-state index contributed by atoms with van der Waals surface area (Å²) < 4.78 is 5.77. The number of aromatic nitrogens is 2. The molecule has 1 heterocycles. The van der Waals surface area contributed by atoms with Gasteiger partial charge in [0.05, 0.1) is 11.8 Å². The van der Waals surface area contributed by atoms with Crippen molar-refractivity contribution in [2.24, 2.45) is 5.73 Å². The summed E-state index contributed by atoms with van der Waals surface area (Å²) in [5.74, 6) is 0.607. The first kappa shape index (κ1) is 13.9. The molecule has 0 saturated carbocycles. The van der Waals surface area contributed by atoms with E-state index >= 15 is 0 Å². The molecular weight excluding hydrogens is 214 g/mol. The molecule has 1 aromatic heterocycles. The second-order valence-corrected chi connectivity index (χ2v) is 4.16. The summed E-state index contributed by atoms with van der Waals surface area (Å²) in [5.41, 5.74) is 9.06. The van der Waals surface area contributed by atoms with Gasteiger partial charge in [0.25, 0.3) is 0 Å². The third-order valence-corrected chi connectivity index (χ3v) is 3.01. The number of nitrogens with zero attached hydrogens (tertiary/aromatic N) is 2. The van der Waals surface area contributed by atoms with Crippen LogP contribution in [0.25, 0.3) is 0 Å². The maximum absolute atomic E-state index is 5.82. The van der Waals surface area contributed by atoms with Crippen molar-refractivity contribution in [3.63, 3.8) is 0 Å². The SMILES string of the molecule is CCc1nnc(OC(C)CC)c(CN)c1CC. The fourth-order valence-corrected chi connectivity index (χ4v) is 1.81. The molecule has 0 bridgehead atoms. The highest BCUT2D eigenvalue weighted by Gasteiger charge is 2.15. The van der Waals surface area contributed by atoms with Crippen LogP contribution in [-0.2, 0) is 19.4 Å². The quantitative estimate of drug-likeness (QED) is 0.824. The standard InChI is InChI=1S/C13H23N3O/c1-5-9(4)17-13-11(8-14)10(6-2)12(7-3)15-16-13/h9H,5-8,14H2,1-4H3. The van der Waals surface area contributed by atoms with Crippen molar-refractivity contribution in [2.45, 2.75) is 59.6 Å². The van der Waals surface area contributed by atoms with Gasteiger partial charge in [-0.3, -0.25) is 0 Å². The molecule has 2 N–H and O–H groups in total. The number of hydrogen-bond acceptors (Lipinski definition) is 4. The van der Waals surface area contributed by atoms with E-state index in [4.69, 9.17) is 10.5 Å². The zero-order valence-electron chi connectivity index (χ0n) is 11.3. The molecule has 4 heteroatoms. The zero-order valence-corrected chi connectivity index (χ0v) is 11.3. The Morgan fingerprint density at radius 3 is 2.29 bits per heavy atom. The summed E-state index contributed by atoms with van der Waals surface area (Å²) in [7, 11) is 0. The Bertz CT molecular complexity index is 366. The van der Waals surface area contributed by atoms with Crippen molar-refractivity contribution < 1.29 is 4.74 Å². The van der Waals surface area contributed by atoms with E-state index in [1.165, 1.54) is 5.56 Å². The Labute approximate surface area is 104 Å². The molecule has 0 fully saturated rings. The molecule has 1 rings (SSSR count). The second-order valence-electron chi connectivity index (χ2n) is 4.16. The van der Waals surface area contributed by atoms with Crippen molar-refractivity contribution in [1.82, 2.24) is 10.2 Å². The zero-order chi connectivity index (χ0) is 12.8. The van der Waals surface area contributed by atoms with Crippen LogP contribution >= 0.6 is 0 Å². The molecule has 0 aliphatic carbocycles. The molecule has 4 nitrogen and oxygen atoms in total. The van der Waals surface area contributed by atoms with Crippen LogP contribution in [0.3, 0.4) is 0 Å². The molecule has 1 unspecified atom stereocenters. The lowest BCUT2D eigenvalue weighted by Crippen LogP contribution is -2.17. The highest BCUT2D eigenvalue weighted by Crippen LogP contribution is 2.23. The topological polar surface area (TPSA) is 61.0 Å². The van der Waals surface area contributed by atoms with E-state index in [0.29, 0.717) is 12.4 Å². The molecule has 0 aliphatic rings. The molecule has 0 spiro atoms. The number of rotatable bonds is 6. The van der Waals surface area contributed by atoms with E-state index in [1.807, 2.05) is 6.92 Å². The smallest absolute Gasteiger partial charge is 0.238 e. The van der Waals surface area contributed by atoms with Crippen LogP contribution in [0.15, 0.2) is 0 Å². The van der Waals surface area contributed by atoms with Gasteiger partial charge in [0.2, 0.25) is 5.88 Å². The minimum atomic E-state index is 0.145. The van der Waals surface area contributed by atoms with Crippen LogP contribution in [0.4, 0.5) is 0 Å². The second kappa shape index (κ2) is 6.55. The highest BCUT2D eigenvalue weighted by atomic mass is 16.5. The summed E-state index contributed by atoms with van der Waals surface area (Å²) in [6.45, 7) is 8.77. The van der Waals surface area contributed by atoms with Gasteiger partial charge in [-0.05, 0) is 31.7 Å².